The Labute approximate surface area is 157 Å². The van der Waals surface area contributed by atoms with Gasteiger partial charge in [0.15, 0.2) is 5.69 Å². The van der Waals surface area contributed by atoms with E-state index in [1.54, 1.807) is 31.1 Å². The molecule has 0 bridgehead atoms. The first-order valence-corrected chi connectivity index (χ1v) is 8.97. The van der Waals surface area contributed by atoms with Crippen LogP contribution >= 0.6 is 0 Å². The number of ether oxygens (including phenoxy) is 1. The number of aryl methyl sites for hydroxylation is 1. The minimum atomic E-state index is -0.233. The van der Waals surface area contributed by atoms with Crippen LogP contribution in [0.2, 0.25) is 0 Å². The van der Waals surface area contributed by atoms with E-state index in [0.717, 1.165) is 12.8 Å². The summed E-state index contributed by atoms with van der Waals surface area (Å²) in [6.45, 7) is 3.59. The molecule has 0 unspecified atom stereocenters. The van der Waals surface area contributed by atoms with Crippen LogP contribution in [0.1, 0.15) is 29.1 Å². The third-order valence-corrected chi connectivity index (χ3v) is 4.66. The van der Waals surface area contributed by atoms with Crippen LogP contribution in [0.25, 0.3) is 0 Å². The zero-order valence-corrected chi connectivity index (χ0v) is 15.5. The molecule has 2 N–H and O–H groups in total. The molecule has 2 aromatic rings. The van der Waals surface area contributed by atoms with Gasteiger partial charge in [0, 0.05) is 25.7 Å². The van der Waals surface area contributed by atoms with Crippen LogP contribution < -0.4 is 15.4 Å². The number of piperidine rings is 1. The van der Waals surface area contributed by atoms with Crippen molar-refractivity contribution in [3.05, 3.63) is 41.8 Å². The predicted molar refractivity (Wildman–Crippen MR) is 99.9 cm³/mol. The number of nitrogens with zero attached hydrogens (tertiary/aromatic N) is 2. The molecule has 0 atom stereocenters. The molecule has 0 radical (unpaired) electrons. The number of nitrogens with one attached hydrogen (secondary N) is 2. The van der Waals surface area contributed by atoms with Gasteiger partial charge in [-0.15, -0.1) is 0 Å². The van der Waals surface area contributed by atoms with Gasteiger partial charge in [-0.2, -0.15) is 0 Å². The van der Waals surface area contributed by atoms with Gasteiger partial charge in [-0.25, -0.2) is 4.79 Å². The van der Waals surface area contributed by atoms with Crippen LogP contribution in [0.3, 0.4) is 0 Å². The number of carbonyl (C=O) groups excluding carboxylic acids is 2. The molecule has 1 aliphatic heterocycles. The second kappa shape index (κ2) is 8.57. The third-order valence-electron chi connectivity index (χ3n) is 4.66. The summed E-state index contributed by atoms with van der Waals surface area (Å²) < 4.78 is 10.2. The molecule has 8 heteroatoms. The fourth-order valence-corrected chi connectivity index (χ4v) is 3.08. The maximum absolute atomic E-state index is 12.5. The van der Waals surface area contributed by atoms with Crippen molar-refractivity contribution in [1.82, 2.24) is 15.4 Å². The highest BCUT2D eigenvalue weighted by atomic mass is 16.5. The van der Waals surface area contributed by atoms with Gasteiger partial charge in [-0.3, -0.25) is 4.79 Å². The van der Waals surface area contributed by atoms with Crippen molar-refractivity contribution in [1.29, 1.82) is 0 Å². The van der Waals surface area contributed by atoms with Crippen molar-refractivity contribution in [2.24, 2.45) is 5.92 Å². The van der Waals surface area contributed by atoms with Crippen molar-refractivity contribution in [3.63, 3.8) is 0 Å². The van der Waals surface area contributed by atoms with Crippen LogP contribution in [0.15, 0.2) is 34.9 Å². The molecule has 1 saturated heterocycles. The van der Waals surface area contributed by atoms with Crippen LogP contribution in [0.5, 0.6) is 5.75 Å². The number of carbonyl (C=O) groups is 2. The highest BCUT2D eigenvalue weighted by Crippen LogP contribution is 2.24. The molecule has 0 saturated carbocycles. The van der Waals surface area contributed by atoms with Crippen molar-refractivity contribution in [3.8, 4) is 5.75 Å². The van der Waals surface area contributed by atoms with Crippen molar-refractivity contribution >= 4 is 17.6 Å². The number of likely N-dealkylation sites (tertiary alicyclic amines) is 1. The summed E-state index contributed by atoms with van der Waals surface area (Å²) in [6.07, 6.45) is 1.66. The predicted octanol–water partition coefficient (Wildman–Crippen LogP) is 2.67. The summed E-state index contributed by atoms with van der Waals surface area (Å²) in [5.41, 5.74) is 0.948. The lowest BCUT2D eigenvalue weighted by Crippen LogP contribution is -2.43. The quantitative estimate of drug-likeness (QED) is 0.841. The average molecular weight is 372 g/mol. The molecule has 1 fully saturated rings. The summed E-state index contributed by atoms with van der Waals surface area (Å²) in [4.78, 5) is 26.3. The number of hydrogen-bond acceptors (Lipinski definition) is 5. The minimum absolute atomic E-state index is 0.139. The molecular formula is C19H24N4O4. The topological polar surface area (TPSA) is 96.7 Å². The monoisotopic (exact) mass is 372 g/mol. The Morgan fingerprint density at radius 3 is 2.70 bits per heavy atom. The molecule has 0 aliphatic carbocycles. The summed E-state index contributed by atoms with van der Waals surface area (Å²) in [7, 11) is 1.57. The zero-order valence-electron chi connectivity index (χ0n) is 15.5. The van der Waals surface area contributed by atoms with E-state index in [-0.39, 0.29) is 11.9 Å². The minimum Gasteiger partial charge on any atom is -0.495 e. The van der Waals surface area contributed by atoms with E-state index in [4.69, 9.17) is 9.26 Å². The SMILES string of the molecule is COc1ccccc1NC(=O)N1CCC(CNC(=O)c2cc(C)on2)CC1. The first kappa shape index (κ1) is 18.8. The number of urea groups is 1. The Kier molecular flexibility index (Phi) is 5.95. The average Bonchev–Trinajstić information content (AvgIpc) is 3.13. The number of para-hydroxylation sites is 2. The first-order chi connectivity index (χ1) is 13.1. The van der Waals surface area contributed by atoms with E-state index in [2.05, 4.69) is 15.8 Å². The van der Waals surface area contributed by atoms with Gasteiger partial charge >= 0.3 is 6.03 Å². The van der Waals surface area contributed by atoms with Crippen molar-refractivity contribution in [2.45, 2.75) is 19.8 Å². The van der Waals surface area contributed by atoms with Gasteiger partial charge in [-0.1, -0.05) is 17.3 Å². The maximum Gasteiger partial charge on any atom is 0.321 e. The van der Waals surface area contributed by atoms with Crippen LogP contribution in [0.4, 0.5) is 10.5 Å². The highest BCUT2D eigenvalue weighted by molar-refractivity contribution is 5.92. The van der Waals surface area contributed by atoms with Crippen LogP contribution in [-0.4, -0.2) is 48.7 Å². The van der Waals surface area contributed by atoms with E-state index in [9.17, 15) is 9.59 Å². The summed E-state index contributed by atoms with van der Waals surface area (Å²) in [5, 5.41) is 9.49. The zero-order chi connectivity index (χ0) is 19.2. The Bertz CT molecular complexity index is 797. The summed E-state index contributed by atoms with van der Waals surface area (Å²) in [5.74, 6) is 1.33. The Balaban J connectivity index is 1.44. The van der Waals surface area contributed by atoms with E-state index in [1.807, 2.05) is 18.2 Å². The number of amides is 3. The highest BCUT2D eigenvalue weighted by Gasteiger charge is 2.24. The number of anilines is 1. The molecule has 1 aromatic heterocycles. The smallest absolute Gasteiger partial charge is 0.321 e. The second-order valence-corrected chi connectivity index (χ2v) is 6.59. The Morgan fingerprint density at radius 1 is 1.30 bits per heavy atom. The van der Waals surface area contributed by atoms with E-state index in [1.165, 1.54) is 0 Å². The molecule has 3 rings (SSSR count). The summed E-state index contributed by atoms with van der Waals surface area (Å²) >= 11 is 0. The van der Waals surface area contributed by atoms with E-state index < -0.39 is 0 Å². The van der Waals surface area contributed by atoms with Gasteiger partial charge in [0.05, 0.1) is 12.8 Å². The molecule has 8 nitrogen and oxygen atoms in total. The molecule has 144 valence electrons. The third kappa shape index (κ3) is 4.78. The normalized spacial score (nSPS) is 14.7. The number of hydrogen-bond donors (Lipinski definition) is 2. The van der Waals surface area contributed by atoms with Gasteiger partial charge in [0.2, 0.25) is 0 Å². The lowest BCUT2D eigenvalue weighted by atomic mass is 9.97. The van der Waals surface area contributed by atoms with Gasteiger partial charge in [0.1, 0.15) is 11.5 Å². The Hall–Kier alpha value is -3.03. The van der Waals surface area contributed by atoms with Crippen LogP contribution in [0, 0.1) is 12.8 Å². The maximum atomic E-state index is 12.5. The fraction of sp³-hybridized carbons (Fsp3) is 0.421. The Morgan fingerprint density at radius 2 is 2.04 bits per heavy atom. The fourth-order valence-electron chi connectivity index (χ4n) is 3.08. The van der Waals surface area contributed by atoms with Gasteiger partial charge in [-0.05, 0) is 37.8 Å². The lowest BCUT2D eigenvalue weighted by Gasteiger charge is -2.32. The largest absolute Gasteiger partial charge is 0.495 e. The molecule has 1 aromatic carbocycles. The molecule has 0 spiro atoms. The first-order valence-electron chi connectivity index (χ1n) is 8.97. The number of methoxy groups -OCH3 is 1. The molecule has 27 heavy (non-hydrogen) atoms. The second-order valence-electron chi connectivity index (χ2n) is 6.59. The molecule has 1 aliphatic rings. The summed E-state index contributed by atoms with van der Waals surface area (Å²) in [6, 6.07) is 8.80. The van der Waals surface area contributed by atoms with Crippen molar-refractivity contribution in [2.75, 3.05) is 32.1 Å². The molecular weight excluding hydrogens is 348 g/mol. The standard InChI is InChI=1S/C19H24N4O4/c1-13-11-16(22-27-13)18(24)20-12-14-7-9-23(10-8-14)19(25)21-15-5-3-4-6-17(15)26-2/h3-6,11,14H,7-10,12H2,1-2H3,(H,20,24)(H,21,25). The lowest BCUT2D eigenvalue weighted by molar-refractivity contribution is 0.0929. The van der Waals surface area contributed by atoms with E-state index >= 15 is 0 Å². The number of rotatable bonds is 5. The van der Waals surface area contributed by atoms with Gasteiger partial charge < -0.3 is 24.8 Å². The van der Waals surface area contributed by atoms with Crippen molar-refractivity contribution < 1.29 is 18.8 Å². The van der Waals surface area contributed by atoms with Gasteiger partial charge in [0.25, 0.3) is 5.91 Å². The van der Waals surface area contributed by atoms with Crippen LogP contribution in [-0.2, 0) is 0 Å². The number of benzene rings is 1. The molecule has 2 heterocycles. The van der Waals surface area contributed by atoms with E-state index in [0.29, 0.717) is 48.4 Å². The number of aromatic nitrogens is 1. The molecule has 3 amide bonds.